The number of primary amides is 1. The van der Waals surface area contributed by atoms with Crippen molar-refractivity contribution in [3.05, 3.63) is 59.5 Å². The number of nitrogens with two attached hydrogens (primary N) is 1. The molecule has 1 aliphatic heterocycles. The lowest BCUT2D eigenvalue weighted by atomic mass is 9.62. The van der Waals surface area contributed by atoms with Gasteiger partial charge in [0.05, 0.1) is 11.2 Å². The van der Waals surface area contributed by atoms with Gasteiger partial charge in [0.1, 0.15) is 11.3 Å². The minimum Gasteiger partial charge on any atom is -0.373 e. The Bertz CT molecular complexity index is 1060. The predicted octanol–water partition coefficient (Wildman–Crippen LogP) is 2.83. The van der Waals surface area contributed by atoms with E-state index in [0.717, 1.165) is 49.2 Å². The van der Waals surface area contributed by atoms with Crippen LogP contribution >= 0.6 is 0 Å². The molecule has 2 fully saturated rings. The van der Waals surface area contributed by atoms with Crippen molar-refractivity contribution in [3.8, 4) is 0 Å². The molecule has 2 unspecified atom stereocenters. The van der Waals surface area contributed by atoms with Gasteiger partial charge in [-0.1, -0.05) is 24.6 Å². The van der Waals surface area contributed by atoms with Crippen LogP contribution in [0.1, 0.15) is 41.0 Å². The van der Waals surface area contributed by atoms with Crippen LogP contribution in [0, 0.1) is 11.8 Å². The van der Waals surface area contributed by atoms with E-state index in [-0.39, 0.29) is 0 Å². The van der Waals surface area contributed by atoms with Crippen molar-refractivity contribution >= 4 is 16.8 Å². The lowest BCUT2D eigenvalue weighted by Gasteiger charge is -2.55. The topological polar surface area (TPSA) is 97.1 Å². The molecule has 1 aliphatic carbocycles. The number of H-pyrrole nitrogens is 1. The van der Waals surface area contributed by atoms with Crippen LogP contribution in [0.25, 0.3) is 10.9 Å². The van der Waals surface area contributed by atoms with E-state index >= 15 is 0 Å². The molecule has 2 atom stereocenters. The fourth-order valence-electron chi connectivity index (χ4n) is 5.74. The van der Waals surface area contributed by atoms with Gasteiger partial charge in [-0.2, -0.15) is 5.10 Å². The Morgan fingerprint density at radius 2 is 2.03 bits per heavy atom. The predicted molar refractivity (Wildman–Crippen MR) is 114 cm³/mol. The second-order valence-electron chi connectivity index (χ2n) is 8.53. The van der Waals surface area contributed by atoms with Crippen molar-refractivity contribution in [2.75, 3.05) is 20.2 Å². The highest BCUT2D eigenvalue weighted by Crippen LogP contribution is 2.51. The highest BCUT2D eigenvalue weighted by Gasteiger charge is 2.53. The zero-order valence-electron chi connectivity index (χ0n) is 17.2. The third-order valence-corrected chi connectivity index (χ3v) is 7.00. The van der Waals surface area contributed by atoms with Crippen LogP contribution in [0.2, 0.25) is 0 Å². The van der Waals surface area contributed by atoms with E-state index in [2.05, 4.69) is 38.3 Å². The second-order valence-corrected chi connectivity index (χ2v) is 8.53. The third-order valence-electron chi connectivity index (χ3n) is 7.00. The molecule has 0 spiro atoms. The van der Waals surface area contributed by atoms with Crippen LogP contribution in [0.15, 0.2) is 42.6 Å². The average molecular weight is 406 g/mol. The fourth-order valence-corrected chi connectivity index (χ4v) is 5.74. The fraction of sp³-hybridized carbons (Fsp3) is 0.435. The molecule has 7 nitrogen and oxygen atoms in total. The first-order valence-corrected chi connectivity index (χ1v) is 10.6. The summed E-state index contributed by atoms with van der Waals surface area (Å²) in [6, 6.07) is 12.1. The first kappa shape index (κ1) is 19.2. The zero-order valence-corrected chi connectivity index (χ0v) is 17.2. The van der Waals surface area contributed by atoms with Gasteiger partial charge in [0, 0.05) is 50.2 Å². The summed E-state index contributed by atoms with van der Waals surface area (Å²) >= 11 is 0. The number of carbonyl (C=O) groups excluding carboxylic acids is 1. The molecule has 156 valence electrons. The smallest absolute Gasteiger partial charge is 0.267 e. The van der Waals surface area contributed by atoms with Gasteiger partial charge in [-0.25, -0.2) is 0 Å². The minimum atomic E-state index is -0.504. The molecule has 30 heavy (non-hydrogen) atoms. The molecule has 1 saturated heterocycles. The van der Waals surface area contributed by atoms with Crippen molar-refractivity contribution in [2.24, 2.45) is 17.6 Å². The van der Waals surface area contributed by atoms with E-state index in [9.17, 15) is 4.79 Å². The molecule has 3 N–H and O–H groups in total. The Labute approximate surface area is 175 Å². The number of carbonyl (C=O) groups is 1. The van der Waals surface area contributed by atoms with Crippen LogP contribution in [-0.4, -0.2) is 46.2 Å². The number of rotatable bonds is 5. The van der Waals surface area contributed by atoms with Crippen molar-refractivity contribution in [2.45, 2.75) is 31.4 Å². The van der Waals surface area contributed by atoms with Gasteiger partial charge in [-0.15, -0.1) is 0 Å². The van der Waals surface area contributed by atoms with E-state index < -0.39 is 11.5 Å². The lowest BCUT2D eigenvalue weighted by Crippen LogP contribution is -2.58. The van der Waals surface area contributed by atoms with Crippen LogP contribution in [0.5, 0.6) is 0 Å². The lowest BCUT2D eigenvalue weighted by molar-refractivity contribution is -0.170. The van der Waals surface area contributed by atoms with Crippen LogP contribution in [-0.2, 0) is 16.9 Å². The molecule has 2 bridgehead atoms. The van der Waals surface area contributed by atoms with E-state index in [0.29, 0.717) is 17.5 Å². The maximum atomic E-state index is 11.7. The molecule has 2 aromatic heterocycles. The summed E-state index contributed by atoms with van der Waals surface area (Å²) in [5.74, 6) is 0.169. The van der Waals surface area contributed by atoms with Gasteiger partial charge >= 0.3 is 0 Å². The van der Waals surface area contributed by atoms with E-state index in [1.165, 1.54) is 11.8 Å². The number of pyridine rings is 1. The Morgan fingerprint density at radius 1 is 1.27 bits per heavy atom. The quantitative estimate of drug-likeness (QED) is 0.680. The molecule has 1 amide bonds. The molecule has 7 heteroatoms. The second kappa shape index (κ2) is 7.49. The van der Waals surface area contributed by atoms with Crippen molar-refractivity contribution in [3.63, 3.8) is 0 Å². The SMILES string of the molecule is COC1(c2ccnc(C(N)=O)c2)C2CCCC1CN(Cc1n[nH]c3ccccc13)C2. The number of aromatic amines is 1. The summed E-state index contributed by atoms with van der Waals surface area (Å²) in [5.41, 5.74) is 8.58. The number of methoxy groups -OCH3 is 1. The Morgan fingerprint density at radius 3 is 2.77 bits per heavy atom. The standard InChI is InChI=1S/C23H27N5O2/c1-30-23(15-9-10-25-20(11-15)22(24)29)16-5-4-6-17(23)13-28(12-16)14-21-18-7-2-3-8-19(18)26-27-21/h2-3,7-11,16-17H,4-6,12-14H2,1H3,(H2,24,29)(H,26,27). The summed E-state index contributed by atoms with van der Waals surface area (Å²) in [6.07, 6.45) is 5.06. The van der Waals surface area contributed by atoms with Crippen molar-refractivity contribution in [1.29, 1.82) is 0 Å². The summed E-state index contributed by atoms with van der Waals surface area (Å²) in [7, 11) is 1.80. The summed E-state index contributed by atoms with van der Waals surface area (Å²) in [6.45, 7) is 2.68. The molecular formula is C23H27N5O2. The number of aromatic nitrogens is 3. The average Bonchev–Trinajstić information content (AvgIpc) is 3.16. The molecular weight excluding hydrogens is 378 g/mol. The molecule has 3 heterocycles. The number of hydrogen-bond acceptors (Lipinski definition) is 5. The number of amides is 1. The minimum absolute atomic E-state index is 0.299. The molecule has 1 aromatic carbocycles. The summed E-state index contributed by atoms with van der Waals surface area (Å²) in [5, 5.41) is 8.90. The Kier molecular flexibility index (Phi) is 4.79. The molecule has 3 aromatic rings. The zero-order chi connectivity index (χ0) is 20.7. The van der Waals surface area contributed by atoms with Gasteiger partial charge in [-0.05, 0) is 36.6 Å². The number of piperidine rings is 1. The number of nitrogens with zero attached hydrogens (tertiary/aromatic N) is 3. The number of ether oxygens (including phenoxy) is 1. The van der Waals surface area contributed by atoms with Crippen LogP contribution < -0.4 is 5.73 Å². The molecule has 1 saturated carbocycles. The van der Waals surface area contributed by atoms with Crippen molar-refractivity contribution < 1.29 is 9.53 Å². The normalized spacial score (nSPS) is 26.7. The molecule has 0 radical (unpaired) electrons. The van der Waals surface area contributed by atoms with E-state index in [1.54, 1.807) is 13.3 Å². The van der Waals surface area contributed by atoms with Gasteiger partial charge in [0.15, 0.2) is 0 Å². The molecule has 5 rings (SSSR count). The Hall–Kier alpha value is -2.77. The van der Waals surface area contributed by atoms with Gasteiger partial charge < -0.3 is 10.5 Å². The largest absolute Gasteiger partial charge is 0.373 e. The first-order valence-electron chi connectivity index (χ1n) is 10.6. The van der Waals surface area contributed by atoms with Crippen LogP contribution in [0.4, 0.5) is 0 Å². The van der Waals surface area contributed by atoms with Gasteiger partial charge in [0.25, 0.3) is 5.91 Å². The number of fused-ring (bicyclic) bond motifs is 3. The van der Waals surface area contributed by atoms with E-state index in [4.69, 9.17) is 10.5 Å². The number of likely N-dealkylation sites (tertiary alicyclic amines) is 1. The van der Waals surface area contributed by atoms with Crippen molar-refractivity contribution in [1.82, 2.24) is 20.1 Å². The number of para-hydroxylation sites is 1. The maximum absolute atomic E-state index is 11.7. The van der Waals surface area contributed by atoms with Gasteiger partial charge in [0.2, 0.25) is 0 Å². The van der Waals surface area contributed by atoms with Gasteiger partial charge in [-0.3, -0.25) is 19.8 Å². The highest BCUT2D eigenvalue weighted by atomic mass is 16.5. The maximum Gasteiger partial charge on any atom is 0.267 e. The third kappa shape index (κ3) is 3.00. The summed E-state index contributed by atoms with van der Waals surface area (Å²) in [4.78, 5) is 18.4. The number of nitrogens with one attached hydrogen (secondary N) is 1. The Balaban J connectivity index is 1.45. The number of benzene rings is 1. The highest BCUT2D eigenvalue weighted by molar-refractivity contribution is 5.90. The van der Waals surface area contributed by atoms with E-state index in [1.807, 2.05) is 18.2 Å². The monoisotopic (exact) mass is 405 g/mol. The molecule has 2 aliphatic rings. The van der Waals surface area contributed by atoms with Crippen LogP contribution in [0.3, 0.4) is 0 Å². The first-order chi connectivity index (χ1) is 14.6. The summed E-state index contributed by atoms with van der Waals surface area (Å²) < 4.78 is 6.29. The number of hydrogen-bond donors (Lipinski definition) is 2.